The minimum atomic E-state index is -0.487. The van der Waals surface area contributed by atoms with E-state index in [1.807, 2.05) is 30.3 Å². The van der Waals surface area contributed by atoms with E-state index < -0.39 is 6.04 Å². The maximum Gasteiger partial charge on any atom is 0.254 e. The Labute approximate surface area is 126 Å². The van der Waals surface area contributed by atoms with Crippen molar-refractivity contribution >= 4 is 16.8 Å². The fourth-order valence-corrected chi connectivity index (χ4v) is 2.44. The average Bonchev–Trinajstić information content (AvgIpc) is 2.96. The number of aromatic nitrogens is 1. The van der Waals surface area contributed by atoms with Crippen molar-refractivity contribution in [3.8, 4) is 0 Å². The summed E-state index contributed by atoms with van der Waals surface area (Å²) in [5, 5.41) is 12.9. The number of rotatable bonds is 4. The minimum Gasteiger partial charge on any atom is -0.394 e. The van der Waals surface area contributed by atoms with Gasteiger partial charge < -0.3 is 15.4 Å². The molecule has 0 aliphatic rings. The molecule has 0 aliphatic heterocycles. The zero-order chi connectivity index (χ0) is 15.5. The molecule has 5 heteroatoms. The Morgan fingerprint density at radius 1 is 1.23 bits per heavy atom. The summed E-state index contributed by atoms with van der Waals surface area (Å²) in [6.07, 6.45) is 1.54. The van der Waals surface area contributed by atoms with Crippen LogP contribution in [0.1, 0.15) is 22.0 Å². The standard InChI is InChI=1S/C17H15FN2O2/c18-12-6-7-13-14(9-19-15(13)8-12)17(22)20-16(10-21)11-4-2-1-3-5-11/h1-9,16,19,21H,10H2,(H,20,22). The van der Waals surface area contributed by atoms with Gasteiger partial charge in [0.05, 0.1) is 18.2 Å². The summed E-state index contributed by atoms with van der Waals surface area (Å²) < 4.78 is 13.2. The molecule has 2 aromatic carbocycles. The van der Waals surface area contributed by atoms with Crippen molar-refractivity contribution in [2.24, 2.45) is 0 Å². The highest BCUT2D eigenvalue weighted by Gasteiger charge is 2.17. The van der Waals surface area contributed by atoms with Gasteiger partial charge in [-0.05, 0) is 23.8 Å². The van der Waals surface area contributed by atoms with Crippen LogP contribution in [0, 0.1) is 5.82 Å². The highest BCUT2D eigenvalue weighted by molar-refractivity contribution is 6.06. The van der Waals surface area contributed by atoms with E-state index in [1.165, 1.54) is 12.1 Å². The number of halogens is 1. The van der Waals surface area contributed by atoms with Gasteiger partial charge in [0.1, 0.15) is 5.82 Å². The molecule has 3 aromatic rings. The van der Waals surface area contributed by atoms with E-state index in [9.17, 15) is 14.3 Å². The molecule has 112 valence electrons. The lowest BCUT2D eigenvalue weighted by Crippen LogP contribution is -2.30. The van der Waals surface area contributed by atoms with Crippen molar-refractivity contribution in [2.75, 3.05) is 6.61 Å². The van der Waals surface area contributed by atoms with E-state index in [2.05, 4.69) is 10.3 Å². The number of carbonyl (C=O) groups excluding carboxylic acids is 1. The van der Waals surface area contributed by atoms with Crippen molar-refractivity contribution in [3.63, 3.8) is 0 Å². The summed E-state index contributed by atoms with van der Waals surface area (Å²) in [7, 11) is 0. The fourth-order valence-electron chi connectivity index (χ4n) is 2.44. The first-order valence-corrected chi connectivity index (χ1v) is 6.92. The number of H-pyrrole nitrogens is 1. The highest BCUT2D eigenvalue weighted by atomic mass is 19.1. The van der Waals surface area contributed by atoms with Gasteiger partial charge in [0.2, 0.25) is 0 Å². The summed E-state index contributed by atoms with van der Waals surface area (Å²) >= 11 is 0. The third-order valence-corrected chi connectivity index (χ3v) is 3.58. The number of carbonyl (C=O) groups is 1. The smallest absolute Gasteiger partial charge is 0.254 e. The molecule has 22 heavy (non-hydrogen) atoms. The highest BCUT2D eigenvalue weighted by Crippen LogP contribution is 2.20. The van der Waals surface area contributed by atoms with E-state index in [4.69, 9.17) is 0 Å². The Bertz CT molecular complexity index is 799. The van der Waals surface area contributed by atoms with Crippen molar-refractivity contribution in [1.29, 1.82) is 0 Å². The number of fused-ring (bicyclic) bond motifs is 1. The van der Waals surface area contributed by atoms with Gasteiger partial charge in [-0.1, -0.05) is 30.3 Å². The van der Waals surface area contributed by atoms with E-state index in [0.717, 1.165) is 5.56 Å². The number of nitrogens with one attached hydrogen (secondary N) is 2. The number of aliphatic hydroxyl groups is 1. The molecular formula is C17H15FN2O2. The van der Waals surface area contributed by atoms with Crippen LogP contribution in [0.15, 0.2) is 54.7 Å². The van der Waals surface area contributed by atoms with E-state index in [0.29, 0.717) is 16.5 Å². The number of aliphatic hydroxyl groups excluding tert-OH is 1. The second-order valence-electron chi connectivity index (χ2n) is 5.01. The second-order valence-corrected chi connectivity index (χ2v) is 5.01. The molecule has 0 spiro atoms. The van der Waals surface area contributed by atoms with Crippen LogP contribution in [-0.2, 0) is 0 Å². The molecule has 0 radical (unpaired) electrons. The monoisotopic (exact) mass is 298 g/mol. The van der Waals surface area contributed by atoms with E-state index in [1.54, 1.807) is 12.3 Å². The first kappa shape index (κ1) is 14.3. The van der Waals surface area contributed by atoms with Crippen LogP contribution in [-0.4, -0.2) is 22.6 Å². The average molecular weight is 298 g/mol. The van der Waals surface area contributed by atoms with Gasteiger partial charge in [0.25, 0.3) is 5.91 Å². The number of benzene rings is 2. The molecular weight excluding hydrogens is 283 g/mol. The van der Waals surface area contributed by atoms with Crippen LogP contribution in [0.5, 0.6) is 0 Å². The summed E-state index contributed by atoms with van der Waals surface area (Å²) in [5.74, 6) is -0.681. The van der Waals surface area contributed by atoms with Gasteiger partial charge >= 0.3 is 0 Å². The third-order valence-electron chi connectivity index (χ3n) is 3.58. The Hall–Kier alpha value is -2.66. The second kappa shape index (κ2) is 5.99. The Morgan fingerprint density at radius 2 is 2.00 bits per heavy atom. The summed E-state index contributed by atoms with van der Waals surface area (Å²) in [4.78, 5) is 15.3. The SMILES string of the molecule is O=C(NC(CO)c1ccccc1)c1c[nH]c2cc(F)ccc12. The maximum atomic E-state index is 13.2. The van der Waals surface area contributed by atoms with Crippen molar-refractivity contribution in [2.45, 2.75) is 6.04 Å². The topological polar surface area (TPSA) is 65.1 Å². The van der Waals surface area contributed by atoms with Crippen LogP contribution in [0.2, 0.25) is 0 Å². The molecule has 0 aliphatic carbocycles. The lowest BCUT2D eigenvalue weighted by molar-refractivity contribution is 0.0918. The molecule has 3 rings (SSSR count). The third kappa shape index (κ3) is 2.71. The molecule has 1 amide bonds. The lowest BCUT2D eigenvalue weighted by atomic mass is 10.1. The summed E-state index contributed by atoms with van der Waals surface area (Å²) in [6.45, 7) is -0.202. The van der Waals surface area contributed by atoms with Crippen molar-refractivity contribution < 1.29 is 14.3 Å². The van der Waals surface area contributed by atoms with Crippen LogP contribution < -0.4 is 5.32 Å². The van der Waals surface area contributed by atoms with Gasteiger partial charge in [-0.3, -0.25) is 4.79 Å². The maximum absolute atomic E-state index is 13.2. The first-order valence-electron chi connectivity index (χ1n) is 6.92. The molecule has 3 N–H and O–H groups in total. The van der Waals surface area contributed by atoms with Gasteiger partial charge in [-0.2, -0.15) is 0 Å². The van der Waals surface area contributed by atoms with Crippen LogP contribution in [0.3, 0.4) is 0 Å². The number of amides is 1. The van der Waals surface area contributed by atoms with Crippen LogP contribution in [0.25, 0.3) is 10.9 Å². The first-order chi connectivity index (χ1) is 10.7. The van der Waals surface area contributed by atoms with Gasteiger partial charge in [0.15, 0.2) is 0 Å². The number of aromatic amines is 1. The summed E-state index contributed by atoms with van der Waals surface area (Å²) in [5.41, 5.74) is 1.80. The normalized spacial score (nSPS) is 12.3. The summed E-state index contributed by atoms with van der Waals surface area (Å²) in [6, 6.07) is 13.0. The molecule has 1 aromatic heterocycles. The minimum absolute atomic E-state index is 0.202. The van der Waals surface area contributed by atoms with E-state index >= 15 is 0 Å². The van der Waals surface area contributed by atoms with Gasteiger partial charge in [0, 0.05) is 17.1 Å². The molecule has 0 bridgehead atoms. The van der Waals surface area contributed by atoms with Crippen LogP contribution >= 0.6 is 0 Å². The van der Waals surface area contributed by atoms with E-state index in [-0.39, 0.29) is 18.3 Å². The quantitative estimate of drug-likeness (QED) is 0.693. The number of hydrogen-bond donors (Lipinski definition) is 3. The lowest BCUT2D eigenvalue weighted by Gasteiger charge is -2.16. The van der Waals surface area contributed by atoms with Crippen LogP contribution in [0.4, 0.5) is 4.39 Å². The van der Waals surface area contributed by atoms with Gasteiger partial charge in [-0.15, -0.1) is 0 Å². The Balaban J connectivity index is 1.86. The number of hydrogen-bond acceptors (Lipinski definition) is 2. The molecule has 0 saturated heterocycles. The molecule has 1 heterocycles. The zero-order valence-corrected chi connectivity index (χ0v) is 11.7. The zero-order valence-electron chi connectivity index (χ0n) is 11.7. The van der Waals surface area contributed by atoms with Crippen molar-refractivity contribution in [1.82, 2.24) is 10.3 Å². The predicted octanol–water partition coefficient (Wildman–Crippen LogP) is 2.77. The fraction of sp³-hybridized carbons (Fsp3) is 0.118. The molecule has 1 unspecified atom stereocenters. The molecule has 4 nitrogen and oxygen atoms in total. The Kier molecular flexibility index (Phi) is 3.89. The predicted molar refractivity (Wildman–Crippen MR) is 82.0 cm³/mol. The molecule has 1 atom stereocenters. The van der Waals surface area contributed by atoms with Crippen molar-refractivity contribution in [3.05, 3.63) is 71.7 Å². The molecule has 0 saturated carbocycles. The largest absolute Gasteiger partial charge is 0.394 e. The Morgan fingerprint density at radius 3 is 2.73 bits per heavy atom. The van der Waals surface area contributed by atoms with Gasteiger partial charge in [-0.25, -0.2) is 4.39 Å². The molecule has 0 fully saturated rings.